The van der Waals surface area contributed by atoms with Gasteiger partial charge >= 0.3 is 0 Å². The normalized spacial score (nSPS) is 10.7. The van der Waals surface area contributed by atoms with Gasteiger partial charge in [0.05, 0.1) is 13.3 Å². The van der Waals surface area contributed by atoms with E-state index in [0.29, 0.717) is 5.82 Å². The smallest absolute Gasteiger partial charge is 0.181 e. The molecule has 0 fully saturated rings. The summed E-state index contributed by atoms with van der Waals surface area (Å²) in [4.78, 5) is 4.18. The van der Waals surface area contributed by atoms with E-state index in [1.807, 2.05) is 16.7 Å². The van der Waals surface area contributed by atoms with Crippen LogP contribution in [-0.4, -0.2) is 16.5 Å². The first-order chi connectivity index (χ1) is 6.76. The van der Waals surface area contributed by atoms with Crippen molar-refractivity contribution in [3.8, 4) is 5.75 Å². The van der Waals surface area contributed by atoms with Crippen LogP contribution in [0.3, 0.4) is 0 Å². The predicted octanol–water partition coefficient (Wildman–Crippen LogP) is 1.49. The van der Waals surface area contributed by atoms with Gasteiger partial charge < -0.3 is 10.5 Å². The molecule has 0 saturated carbocycles. The Hall–Kier alpha value is -1.71. The van der Waals surface area contributed by atoms with Crippen molar-refractivity contribution >= 4 is 11.5 Å². The molecule has 14 heavy (non-hydrogen) atoms. The van der Waals surface area contributed by atoms with Gasteiger partial charge in [-0.05, 0) is 18.1 Å². The van der Waals surface area contributed by atoms with Crippen molar-refractivity contribution in [2.24, 2.45) is 0 Å². The van der Waals surface area contributed by atoms with Crippen molar-refractivity contribution in [2.75, 3.05) is 12.8 Å². The number of rotatable bonds is 2. The first-order valence-corrected chi connectivity index (χ1v) is 4.55. The molecule has 2 N–H and O–H groups in total. The van der Waals surface area contributed by atoms with Crippen LogP contribution >= 0.6 is 0 Å². The Labute approximate surface area is 82.3 Å². The Morgan fingerprint density at radius 1 is 1.57 bits per heavy atom. The minimum atomic E-state index is 0.633. The van der Waals surface area contributed by atoms with Crippen molar-refractivity contribution in [2.45, 2.75) is 13.3 Å². The minimum absolute atomic E-state index is 0.633. The third-order valence-corrected chi connectivity index (χ3v) is 2.29. The van der Waals surface area contributed by atoms with Crippen molar-refractivity contribution in [3.63, 3.8) is 0 Å². The van der Waals surface area contributed by atoms with Gasteiger partial charge in [0, 0.05) is 6.20 Å². The number of hydrogen-bond acceptors (Lipinski definition) is 3. The van der Waals surface area contributed by atoms with Gasteiger partial charge in [0.1, 0.15) is 5.82 Å². The monoisotopic (exact) mass is 191 g/mol. The number of anilines is 1. The van der Waals surface area contributed by atoms with Crippen molar-refractivity contribution in [1.29, 1.82) is 0 Å². The lowest BCUT2D eigenvalue weighted by Gasteiger charge is -2.06. The van der Waals surface area contributed by atoms with E-state index in [0.717, 1.165) is 17.8 Å². The molecule has 0 amide bonds. The van der Waals surface area contributed by atoms with Crippen LogP contribution < -0.4 is 10.5 Å². The molecule has 0 aliphatic carbocycles. The van der Waals surface area contributed by atoms with Crippen LogP contribution in [0.15, 0.2) is 18.5 Å². The van der Waals surface area contributed by atoms with E-state index < -0.39 is 0 Å². The summed E-state index contributed by atoms with van der Waals surface area (Å²) in [7, 11) is 1.64. The van der Waals surface area contributed by atoms with Crippen LogP contribution in [0.1, 0.15) is 12.5 Å². The van der Waals surface area contributed by atoms with Crippen molar-refractivity contribution in [1.82, 2.24) is 9.38 Å². The van der Waals surface area contributed by atoms with Crippen LogP contribution in [-0.2, 0) is 6.42 Å². The van der Waals surface area contributed by atoms with Crippen LogP contribution in [0.4, 0.5) is 5.82 Å². The highest BCUT2D eigenvalue weighted by Crippen LogP contribution is 2.22. The molecule has 0 unspecified atom stereocenters. The number of ether oxygens (including phenoxy) is 1. The highest BCUT2D eigenvalue weighted by Gasteiger charge is 2.07. The fourth-order valence-electron chi connectivity index (χ4n) is 1.47. The minimum Gasteiger partial charge on any atom is -0.493 e. The molecular weight excluding hydrogens is 178 g/mol. The molecule has 0 aliphatic heterocycles. The summed E-state index contributed by atoms with van der Waals surface area (Å²) in [5, 5.41) is 0. The lowest BCUT2D eigenvalue weighted by molar-refractivity contribution is 0.416. The van der Waals surface area contributed by atoms with Crippen LogP contribution in [0.25, 0.3) is 5.65 Å². The van der Waals surface area contributed by atoms with Crippen LogP contribution in [0.2, 0.25) is 0 Å². The zero-order valence-electron chi connectivity index (χ0n) is 8.32. The fraction of sp³-hybridized carbons (Fsp3) is 0.300. The second-order valence-corrected chi connectivity index (χ2v) is 3.15. The number of nitrogens with two attached hydrogens (primary N) is 1. The van der Waals surface area contributed by atoms with E-state index in [1.165, 1.54) is 5.56 Å². The SMILES string of the molecule is CCc1cc(OC)c2ncc(N)n2c1. The van der Waals surface area contributed by atoms with Crippen LogP contribution in [0.5, 0.6) is 5.75 Å². The van der Waals surface area contributed by atoms with E-state index in [4.69, 9.17) is 10.5 Å². The Morgan fingerprint density at radius 2 is 2.36 bits per heavy atom. The molecule has 2 rings (SSSR count). The maximum Gasteiger partial charge on any atom is 0.181 e. The fourth-order valence-corrected chi connectivity index (χ4v) is 1.47. The van der Waals surface area contributed by atoms with E-state index in [-0.39, 0.29) is 0 Å². The van der Waals surface area contributed by atoms with Crippen molar-refractivity contribution in [3.05, 3.63) is 24.0 Å². The topological polar surface area (TPSA) is 52.5 Å². The van der Waals surface area contributed by atoms with E-state index in [1.54, 1.807) is 13.3 Å². The average molecular weight is 191 g/mol. The summed E-state index contributed by atoms with van der Waals surface area (Å²) in [6.07, 6.45) is 4.57. The molecular formula is C10H13N3O. The summed E-state index contributed by atoms with van der Waals surface area (Å²) >= 11 is 0. The third-order valence-electron chi connectivity index (χ3n) is 2.29. The standard InChI is InChI=1S/C10H13N3O/c1-3-7-4-8(14-2)10-12-5-9(11)13(10)6-7/h4-6H,3,11H2,1-2H3. The number of methoxy groups -OCH3 is 1. The summed E-state index contributed by atoms with van der Waals surface area (Å²) in [6, 6.07) is 1.99. The van der Waals surface area contributed by atoms with Gasteiger partial charge in [-0.2, -0.15) is 0 Å². The van der Waals surface area contributed by atoms with Crippen LogP contribution in [0, 0.1) is 0 Å². The molecule has 0 aromatic carbocycles. The molecule has 0 atom stereocenters. The summed E-state index contributed by atoms with van der Waals surface area (Å²) in [5.41, 5.74) is 7.71. The molecule has 2 heterocycles. The zero-order chi connectivity index (χ0) is 10.1. The van der Waals surface area contributed by atoms with Gasteiger partial charge in [-0.25, -0.2) is 4.98 Å². The first-order valence-electron chi connectivity index (χ1n) is 4.55. The second-order valence-electron chi connectivity index (χ2n) is 3.15. The predicted molar refractivity (Wildman–Crippen MR) is 55.5 cm³/mol. The van der Waals surface area contributed by atoms with E-state index >= 15 is 0 Å². The number of hydrogen-bond donors (Lipinski definition) is 1. The first kappa shape index (κ1) is 8.87. The second kappa shape index (κ2) is 3.21. The third kappa shape index (κ3) is 1.19. The lowest BCUT2D eigenvalue weighted by Crippen LogP contribution is -1.97. The van der Waals surface area contributed by atoms with Gasteiger partial charge in [-0.3, -0.25) is 4.40 Å². The largest absolute Gasteiger partial charge is 0.493 e. The molecule has 4 nitrogen and oxygen atoms in total. The molecule has 0 spiro atoms. The van der Waals surface area contributed by atoms with Gasteiger partial charge in [0.2, 0.25) is 0 Å². The summed E-state index contributed by atoms with van der Waals surface area (Å²) < 4.78 is 7.09. The lowest BCUT2D eigenvalue weighted by atomic mass is 10.2. The molecule has 2 aromatic rings. The molecule has 74 valence electrons. The zero-order valence-corrected chi connectivity index (χ0v) is 8.32. The summed E-state index contributed by atoms with van der Waals surface area (Å²) in [5.74, 6) is 1.40. The molecule has 0 saturated heterocycles. The quantitative estimate of drug-likeness (QED) is 0.782. The maximum atomic E-state index is 5.77. The molecule has 0 bridgehead atoms. The van der Waals surface area contributed by atoms with Gasteiger partial charge in [0.25, 0.3) is 0 Å². The van der Waals surface area contributed by atoms with E-state index in [2.05, 4.69) is 11.9 Å². The summed E-state index contributed by atoms with van der Waals surface area (Å²) in [6.45, 7) is 2.09. The number of pyridine rings is 1. The number of imidazole rings is 1. The molecule has 4 heteroatoms. The maximum absolute atomic E-state index is 5.77. The number of aryl methyl sites for hydroxylation is 1. The Kier molecular flexibility index (Phi) is 2.04. The highest BCUT2D eigenvalue weighted by atomic mass is 16.5. The average Bonchev–Trinajstić information content (AvgIpc) is 2.59. The molecule has 0 aliphatic rings. The Morgan fingerprint density at radius 3 is 3.00 bits per heavy atom. The number of nitrogens with zero attached hydrogens (tertiary/aromatic N) is 2. The van der Waals surface area contributed by atoms with Gasteiger partial charge in [-0.1, -0.05) is 6.92 Å². The van der Waals surface area contributed by atoms with Crippen molar-refractivity contribution < 1.29 is 4.74 Å². The number of nitrogen functional groups attached to an aromatic ring is 1. The van der Waals surface area contributed by atoms with E-state index in [9.17, 15) is 0 Å². The van der Waals surface area contributed by atoms with Gasteiger partial charge in [0.15, 0.2) is 11.4 Å². The van der Waals surface area contributed by atoms with Gasteiger partial charge in [-0.15, -0.1) is 0 Å². The number of aromatic nitrogens is 2. The molecule has 0 radical (unpaired) electrons. The Balaban J connectivity index is 2.76. The molecule has 2 aromatic heterocycles. The number of fused-ring (bicyclic) bond motifs is 1. The highest BCUT2D eigenvalue weighted by molar-refractivity contribution is 5.59. The Bertz CT molecular complexity index is 462.